The van der Waals surface area contributed by atoms with Gasteiger partial charge in [0.25, 0.3) is 5.91 Å². The summed E-state index contributed by atoms with van der Waals surface area (Å²) < 4.78 is 5.76. The summed E-state index contributed by atoms with van der Waals surface area (Å²) in [6.07, 6.45) is 1.14. The molecule has 8 heteroatoms. The number of aliphatic carboxylic acids is 1. The minimum Gasteiger partial charge on any atom is -0.480 e. The second-order valence-electron chi connectivity index (χ2n) is 4.67. The number of carboxylic acid groups (broad SMARTS) is 1. The fourth-order valence-electron chi connectivity index (χ4n) is 2.35. The molecule has 0 aromatic carbocycles. The van der Waals surface area contributed by atoms with Gasteiger partial charge in [-0.2, -0.15) is 0 Å². The summed E-state index contributed by atoms with van der Waals surface area (Å²) in [6.45, 7) is 0.419. The standard InChI is InChI=1S/C13H11ClN2O4S/c14-11-4-3-10(21-11)9-6-7(15-20-9)12(17)16-5-1-2-8(16)13(18)19/h3-4,6,8H,1-2,5H2,(H,18,19)/t8-/m0/s1. The molecule has 1 fully saturated rings. The number of carboxylic acids is 1. The molecule has 0 spiro atoms. The van der Waals surface area contributed by atoms with Gasteiger partial charge in [0.15, 0.2) is 11.5 Å². The van der Waals surface area contributed by atoms with Crippen molar-refractivity contribution in [2.75, 3.05) is 6.54 Å². The molecule has 3 heterocycles. The van der Waals surface area contributed by atoms with E-state index in [1.807, 2.05) is 0 Å². The first kappa shape index (κ1) is 14.1. The number of aromatic nitrogens is 1. The van der Waals surface area contributed by atoms with Crippen molar-refractivity contribution >= 4 is 34.8 Å². The van der Waals surface area contributed by atoms with Crippen LogP contribution in [0.15, 0.2) is 22.7 Å². The zero-order chi connectivity index (χ0) is 15.0. The van der Waals surface area contributed by atoms with Gasteiger partial charge in [-0.3, -0.25) is 4.79 Å². The Morgan fingerprint density at radius 3 is 2.95 bits per heavy atom. The lowest BCUT2D eigenvalue weighted by molar-refractivity contribution is -0.141. The fourth-order valence-corrected chi connectivity index (χ4v) is 3.34. The van der Waals surface area contributed by atoms with Gasteiger partial charge >= 0.3 is 5.97 Å². The molecular weight excluding hydrogens is 316 g/mol. The number of rotatable bonds is 3. The Kier molecular flexibility index (Phi) is 3.69. The summed E-state index contributed by atoms with van der Waals surface area (Å²) in [5.41, 5.74) is 0.114. The van der Waals surface area contributed by atoms with Crippen LogP contribution >= 0.6 is 22.9 Å². The lowest BCUT2D eigenvalue weighted by Crippen LogP contribution is -2.40. The Labute approximate surface area is 128 Å². The highest BCUT2D eigenvalue weighted by Gasteiger charge is 2.35. The largest absolute Gasteiger partial charge is 0.480 e. The number of carbonyl (C=O) groups is 2. The molecule has 6 nitrogen and oxygen atoms in total. The molecule has 1 aliphatic heterocycles. The van der Waals surface area contributed by atoms with E-state index < -0.39 is 17.9 Å². The summed E-state index contributed by atoms with van der Waals surface area (Å²) >= 11 is 7.17. The number of hydrogen-bond acceptors (Lipinski definition) is 5. The van der Waals surface area contributed by atoms with Crippen molar-refractivity contribution in [3.8, 4) is 10.6 Å². The number of thiophene rings is 1. The van der Waals surface area contributed by atoms with Crippen molar-refractivity contribution in [3.05, 3.63) is 28.2 Å². The minimum absolute atomic E-state index is 0.114. The zero-order valence-electron chi connectivity index (χ0n) is 10.8. The van der Waals surface area contributed by atoms with Gasteiger partial charge < -0.3 is 14.5 Å². The molecule has 1 aliphatic rings. The molecular formula is C13H11ClN2O4S. The van der Waals surface area contributed by atoms with Gasteiger partial charge in [0.1, 0.15) is 6.04 Å². The van der Waals surface area contributed by atoms with Gasteiger partial charge in [-0.1, -0.05) is 16.8 Å². The molecule has 0 saturated carbocycles. The fraction of sp³-hybridized carbons (Fsp3) is 0.308. The van der Waals surface area contributed by atoms with Crippen molar-refractivity contribution in [1.29, 1.82) is 0 Å². The molecule has 0 radical (unpaired) electrons. The lowest BCUT2D eigenvalue weighted by Gasteiger charge is -2.19. The Morgan fingerprint density at radius 1 is 1.48 bits per heavy atom. The highest BCUT2D eigenvalue weighted by Crippen LogP contribution is 2.31. The normalized spacial score (nSPS) is 18.1. The predicted octanol–water partition coefficient (Wildman–Crippen LogP) is 2.75. The number of carbonyl (C=O) groups excluding carboxylic acids is 1. The average molecular weight is 327 g/mol. The van der Waals surface area contributed by atoms with Gasteiger partial charge in [-0.25, -0.2) is 4.79 Å². The Morgan fingerprint density at radius 2 is 2.29 bits per heavy atom. The first-order valence-electron chi connectivity index (χ1n) is 6.32. The monoisotopic (exact) mass is 326 g/mol. The van der Waals surface area contributed by atoms with Crippen LogP contribution in [0, 0.1) is 0 Å². The molecule has 1 amide bonds. The Balaban J connectivity index is 1.83. The third kappa shape index (κ3) is 2.66. The Hall–Kier alpha value is -1.86. The van der Waals surface area contributed by atoms with Crippen molar-refractivity contribution in [2.24, 2.45) is 0 Å². The van der Waals surface area contributed by atoms with E-state index in [1.165, 1.54) is 22.3 Å². The number of nitrogens with zero attached hydrogens (tertiary/aromatic N) is 2. The maximum absolute atomic E-state index is 12.3. The van der Waals surface area contributed by atoms with Gasteiger partial charge in [-0.05, 0) is 25.0 Å². The molecule has 21 heavy (non-hydrogen) atoms. The Bertz CT molecular complexity index is 696. The van der Waals surface area contributed by atoms with Crippen LogP contribution in [0.25, 0.3) is 10.6 Å². The summed E-state index contributed by atoms with van der Waals surface area (Å²) in [5, 5.41) is 12.9. The quantitative estimate of drug-likeness (QED) is 0.937. The van der Waals surface area contributed by atoms with Crippen LogP contribution < -0.4 is 0 Å². The van der Waals surface area contributed by atoms with E-state index in [0.717, 1.165) is 4.88 Å². The molecule has 2 aromatic rings. The molecule has 1 saturated heterocycles. The van der Waals surface area contributed by atoms with Gasteiger partial charge in [-0.15, -0.1) is 11.3 Å². The predicted molar refractivity (Wildman–Crippen MR) is 76.5 cm³/mol. The van der Waals surface area contributed by atoms with Crippen LogP contribution in [0.1, 0.15) is 23.3 Å². The minimum atomic E-state index is -0.991. The van der Waals surface area contributed by atoms with E-state index in [4.69, 9.17) is 21.2 Å². The third-order valence-corrected chi connectivity index (χ3v) is 4.59. The third-order valence-electron chi connectivity index (χ3n) is 3.34. The number of halogens is 1. The van der Waals surface area contributed by atoms with Crippen molar-refractivity contribution in [1.82, 2.24) is 10.1 Å². The van der Waals surface area contributed by atoms with E-state index in [0.29, 0.717) is 29.5 Å². The molecule has 3 rings (SSSR count). The van der Waals surface area contributed by atoms with Gasteiger partial charge in [0, 0.05) is 12.6 Å². The zero-order valence-corrected chi connectivity index (χ0v) is 12.4. The van der Waals surface area contributed by atoms with Gasteiger partial charge in [0.05, 0.1) is 9.21 Å². The highest BCUT2D eigenvalue weighted by molar-refractivity contribution is 7.19. The summed E-state index contributed by atoms with van der Waals surface area (Å²) in [6, 6.07) is 4.24. The summed E-state index contributed by atoms with van der Waals surface area (Å²) in [7, 11) is 0. The molecule has 1 N–H and O–H groups in total. The maximum atomic E-state index is 12.3. The van der Waals surface area contributed by atoms with Crippen LogP contribution in [-0.4, -0.2) is 39.6 Å². The smallest absolute Gasteiger partial charge is 0.326 e. The number of likely N-dealkylation sites (tertiary alicyclic amines) is 1. The second-order valence-corrected chi connectivity index (χ2v) is 6.39. The maximum Gasteiger partial charge on any atom is 0.326 e. The van der Waals surface area contributed by atoms with Crippen LogP contribution in [0.2, 0.25) is 4.34 Å². The van der Waals surface area contributed by atoms with E-state index in [-0.39, 0.29) is 5.69 Å². The van der Waals surface area contributed by atoms with E-state index in [9.17, 15) is 9.59 Å². The molecule has 2 aromatic heterocycles. The van der Waals surface area contributed by atoms with Crippen LogP contribution in [0.4, 0.5) is 0 Å². The average Bonchev–Trinajstić information content (AvgIpc) is 3.17. The SMILES string of the molecule is O=C(O)[C@@H]1CCCN1C(=O)c1cc(-c2ccc(Cl)s2)on1. The topological polar surface area (TPSA) is 83.6 Å². The molecule has 110 valence electrons. The highest BCUT2D eigenvalue weighted by atomic mass is 35.5. The van der Waals surface area contributed by atoms with Crippen LogP contribution in [0.3, 0.4) is 0 Å². The molecule has 1 atom stereocenters. The molecule has 0 bridgehead atoms. The summed E-state index contributed by atoms with van der Waals surface area (Å²) in [4.78, 5) is 25.5. The van der Waals surface area contributed by atoms with Crippen LogP contribution in [-0.2, 0) is 4.79 Å². The molecule has 0 aliphatic carbocycles. The van der Waals surface area contributed by atoms with E-state index in [2.05, 4.69) is 5.16 Å². The summed E-state index contributed by atoms with van der Waals surface area (Å²) in [5.74, 6) is -0.964. The van der Waals surface area contributed by atoms with Crippen molar-refractivity contribution in [2.45, 2.75) is 18.9 Å². The first-order chi connectivity index (χ1) is 10.1. The van der Waals surface area contributed by atoms with Crippen LogP contribution in [0.5, 0.6) is 0 Å². The van der Waals surface area contributed by atoms with E-state index in [1.54, 1.807) is 12.1 Å². The first-order valence-corrected chi connectivity index (χ1v) is 7.52. The van der Waals surface area contributed by atoms with Gasteiger partial charge in [0.2, 0.25) is 0 Å². The second kappa shape index (κ2) is 5.50. The number of hydrogen-bond donors (Lipinski definition) is 1. The van der Waals surface area contributed by atoms with Crippen molar-refractivity contribution < 1.29 is 19.2 Å². The lowest BCUT2D eigenvalue weighted by atomic mass is 10.2. The number of amides is 1. The molecule has 0 unspecified atom stereocenters. The van der Waals surface area contributed by atoms with E-state index >= 15 is 0 Å². The van der Waals surface area contributed by atoms with Crippen molar-refractivity contribution in [3.63, 3.8) is 0 Å².